The maximum atomic E-state index is 11.1. The number of nitrogens with zero attached hydrogens (tertiary/aromatic N) is 1. The third-order valence-corrected chi connectivity index (χ3v) is 3.03. The number of oxazole rings is 1. The molecule has 0 atom stereocenters. The number of aromatic nitrogens is 1. The number of benzene rings is 1. The lowest BCUT2D eigenvalue weighted by atomic mass is 9.91. The van der Waals surface area contributed by atoms with E-state index in [0.29, 0.717) is 11.7 Å². The van der Waals surface area contributed by atoms with Gasteiger partial charge in [0.05, 0.1) is 6.20 Å². The van der Waals surface area contributed by atoms with Crippen LogP contribution in [0.25, 0.3) is 11.5 Å². The van der Waals surface area contributed by atoms with Crippen molar-refractivity contribution in [2.45, 2.75) is 26.2 Å². The molecule has 1 aromatic heterocycles. The van der Waals surface area contributed by atoms with Gasteiger partial charge in [-0.1, -0.05) is 18.2 Å². The molecule has 0 unspecified atom stereocenters. The van der Waals surface area contributed by atoms with Crippen LogP contribution in [0.1, 0.15) is 25.2 Å². The smallest absolute Gasteiger partial charge is 0.316 e. The van der Waals surface area contributed by atoms with Gasteiger partial charge in [-0.05, 0) is 32.4 Å². The summed E-state index contributed by atoms with van der Waals surface area (Å²) in [4.78, 5) is 15.3. The summed E-state index contributed by atoms with van der Waals surface area (Å²) in [5, 5.41) is 9.14. The average Bonchev–Trinajstić information content (AvgIpc) is 2.79. The minimum absolute atomic E-state index is 0.355. The Balaban J connectivity index is 2.44. The van der Waals surface area contributed by atoms with E-state index >= 15 is 0 Å². The van der Waals surface area contributed by atoms with E-state index < -0.39 is 11.4 Å². The predicted octanol–water partition coefficient (Wildman–Crippen LogP) is 3.01. The number of aryl methyl sites for hydroxylation is 1. The van der Waals surface area contributed by atoms with Gasteiger partial charge in [0.1, 0.15) is 11.2 Å². The van der Waals surface area contributed by atoms with Crippen LogP contribution in [0, 0.1) is 6.92 Å². The van der Waals surface area contributed by atoms with Crippen molar-refractivity contribution >= 4 is 5.97 Å². The molecule has 18 heavy (non-hydrogen) atoms. The van der Waals surface area contributed by atoms with Gasteiger partial charge in [-0.15, -0.1) is 0 Å². The van der Waals surface area contributed by atoms with Gasteiger partial charge in [0.25, 0.3) is 0 Å². The molecule has 0 bridgehead atoms. The predicted molar refractivity (Wildman–Crippen MR) is 67.3 cm³/mol. The average molecular weight is 245 g/mol. The number of carbonyl (C=O) groups is 1. The summed E-state index contributed by atoms with van der Waals surface area (Å²) in [7, 11) is 0. The van der Waals surface area contributed by atoms with E-state index in [2.05, 4.69) is 4.98 Å². The zero-order valence-electron chi connectivity index (χ0n) is 10.6. The molecule has 4 nitrogen and oxygen atoms in total. The summed E-state index contributed by atoms with van der Waals surface area (Å²) in [6.45, 7) is 5.15. The van der Waals surface area contributed by atoms with E-state index in [-0.39, 0.29) is 0 Å². The quantitative estimate of drug-likeness (QED) is 0.902. The van der Waals surface area contributed by atoms with Gasteiger partial charge >= 0.3 is 5.97 Å². The molecule has 4 heteroatoms. The largest absolute Gasteiger partial charge is 0.481 e. The second kappa shape index (κ2) is 4.29. The highest BCUT2D eigenvalue weighted by Crippen LogP contribution is 2.29. The fourth-order valence-electron chi connectivity index (χ4n) is 1.61. The summed E-state index contributed by atoms with van der Waals surface area (Å²) >= 11 is 0. The Bertz CT molecular complexity index is 584. The second-order valence-corrected chi connectivity index (χ2v) is 4.77. The highest BCUT2D eigenvalue weighted by molar-refractivity contribution is 5.79. The van der Waals surface area contributed by atoms with Crippen LogP contribution in [0.3, 0.4) is 0 Å². The molecule has 0 fully saturated rings. The number of aliphatic carboxylic acids is 1. The lowest BCUT2D eigenvalue weighted by Gasteiger charge is -2.14. The van der Waals surface area contributed by atoms with E-state index in [1.54, 1.807) is 13.8 Å². The first-order chi connectivity index (χ1) is 8.43. The van der Waals surface area contributed by atoms with Crippen molar-refractivity contribution in [1.29, 1.82) is 0 Å². The van der Waals surface area contributed by atoms with Gasteiger partial charge in [-0.3, -0.25) is 4.79 Å². The van der Waals surface area contributed by atoms with Gasteiger partial charge in [0, 0.05) is 5.56 Å². The highest BCUT2D eigenvalue weighted by atomic mass is 16.4. The first kappa shape index (κ1) is 12.4. The first-order valence-corrected chi connectivity index (χ1v) is 5.68. The molecule has 0 spiro atoms. The number of hydrogen-bond acceptors (Lipinski definition) is 3. The summed E-state index contributed by atoms with van der Waals surface area (Å²) in [6.07, 6.45) is 1.48. The van der Waals surface area contributed by atoms with Crippen molar-refractivity contribution in [2.75, 3.05) is 0 Å². The summed E-state index contributed by atoms with van der Waals surface area (Å²) in [6, 6.07) is 7.69. The Kier molecular flexibility index (Phi) is 2.95. The minimum atomic E-state index is -1.08. The van der Waals surface area contributed by atoms with Crippen molar-refractivity contribution in [2.24, 2.45) is 0 Å². The lowest BCUT2D eigenvalue weighted by Crippen LogP contribution is -2.27. The topological polar surface area (TPSA) is 63.3 Å². The molecule has 0 saturated carbocycles. The molecule has 1 N–H and O–H groups in total. The van der Waals surface area contributed by atoms with Crippen molar-refractivity contribution in [1.82, 2.24) is 4.98 Å². The maximum Gasteiger partial charge on any atom is 0.316 e. The number of hydrogen-bond donors (Lipinski definition) is 1. The lowest BCUT2D eigenvalue weighted by molar-refractivity contribution is -0.143. The third-order valence-electron chi connectivity index (χ3n) is 3.03. The summed E-state index contributed by atoms with van der Waals surface area (Å²) in [5.41, 5.74) is 0.845. The maximum absolute atomic E-state index is 11.1. The van der Waals surface area contributed by atoms with Gasteiger partial charge in [0.15, 0.2) is 0 Å². The summed E-state index contributed by atoms with van der Waals surface area (Å²) < 4.78 is 5.58. The van der Waals surface area contributed by atoms with Crippen molar-refractivity contribution < 1.29 is 14.3 Å². The van der Waals surface area contributed by atoms with Crippen molar-refractivity contribution in [3.05, 3.63) is 41.8 Å². The molecule has 94 valence electrons. The SMILES string of the molecule is Cc1ccccc1-c1ncc(C(C)(C)C(=O)O)o1. The molecular weight excluding hydrogens is 230 g/mol. The molecule has 2 aromatic rings. The second-order valence-electron chi connectivity index (χ2n) is 4.77. The van der Waals surface area contributed by atoms with Gasteiger partial charge < -0.3 is 9.52 Å². The Morgan fingerprint density at radius 3 is 2.61 bits per heavy atom. The Morgan fingerprint density at radius 1 is 1.33 bits per heavy atom. The van der Waals surface area contributed by atoms with Crippen LogP contribution in [0.4, 0.5) is 0 Å². The van der Waals surface area contributed by atoms with Crippen LogP contribution >= 0.6 is 0 Å². The molecule has 0 saturated heterocycles. The van der Waals surface area contributed by atoms with Crippen LogP contribution in [-0.2, 0) is 10.2 Å². The number of carboxylic acids is 1. The van der Waals surface area contributed by atoms with E-state index in [1.165, 1.54) is 6.20 Å². The molecule has 0 radical (unpaired) electrons. The molecule has 0 aliphatic heterocycles. The molecule has 1 heterocycles. The molecule has 2 rings (SSSR count). The molecule has 0 aliphatic rings. The van der Waals surface area contributed by atoms with Crippen LogP contribution in [-0.4, -0.2) is 16.1 Å². The van der Waals surface area contributed by atoms with Crippen LogP contribution in [0.5, 0.6) is 0 Å². The van der Waals surface area contributed by atoms with Crippen molar-refractivity contribution in [3.8, 4) is 11.5 Å². The number of rotatable bonds is 3. The molecular formula is C14H15NO3. The van der Waals surface area contributed by atoms with Gasteiger partial charge in [-0.2, -0.15) is 0 Å². The Labute approximate surface area is 105 Å². The van der Waals surface area contributed by atoms with E-state index in [4.69, 9.17) is 9.52 Å². The zero-order valence-corrected chi connectivity index (χ0v) is 10.6. The Morgan fingerprint density at radius 2 is 2.00 bits per heavy atom. The molecule has 1 aromatic carbocycles. The van der Waals surface area contributed by atoms with E-state index in [1.807, 2.05) is 31.2 Å². The molecule has 0 aliphatic carbocycles. The van der Waals surface area contributed by atoms with Crippen LogP contribution < -0.4 is 0 Å². The monoisotopic (exact) mass is 245 g/mol. The standard InChI is InChI=1S/C14H15NO3/c1-9-6-4-5-7-10(9)12-15-8-11(18-12)14(2,3)13(16)17/h4-8H,1-3H3,(H,16,17). The van der Waals surface area contributed by atoms with Gasteiger partial charge in [0.2, 0.25) is 5.89 Å². The fourth-order valence-corrected chi connectivity index (χ4v) is 1.61. The third kappa shape index (κ3) is 2.01. The first-order valence-electron chi connectivity index (χ1n) is 5.68. The molecule has 0 amide bonds. The van der Waals surface area contributed by atoms with E-state index in [0.717, 1.165) is 11.1 Å². The van der Waals surface area contributed by atoms with Crippen LogP contribution in [0.15, 0.2) is 34.9 Å². The Hall–Kier alpha value is -2.10. The van der Waals surface area contributed by atoms with Gasteiger partial charge in [-0.25, -0.2) is 4.98 Å². The minimum Gasteiger partial charge on any atom is -0.481 e. The summed E-state index contributed by atoms with van der Waals surface area (Å²) in [5.74, 6) is -0.124. The fraction of sp³-hybridized carbons (Fsp3) is 0.286. The van der Waals surface area contributed by atoms with Crippen molar-refractivity contribution in [3.63, 3.8) is 0 Å². The van der Waals surface area contributed by atoms with E-state index in [9.17, 15) is 4.79 Å². The van der Waals surface area contributed by atoms with Crippen LogP contribution in [0.2, 0.25) is 0 Å². The normalized spacial score (nSPS) is 11.5. The number of carboxylic acid groups (broad SMARTS) is 1. The zero-order chi connectivity index (χ0) is 13.3. The highest BCUT2D eigenvalue weighted by Gasteiger charge is 2.33.